The van der Waals surface area contributed by atoms with E-state index in [0.717, 1.165) is 0 Å². The molecule has 88 valence electrons. The summed E-state index contributed by atoms with van der Waals surface area (Å²) in [7, 11) is 0. The van der Waals surface area contributed by atoms with Crippen molar-refractivity contribution in [2.24, 2.45) is 0 Å². The van der Waals surface area contributed by atoms with Crippen molar-refractivity contribution >= 4 is 17.6 Å². The van der Waals surface area contributed by atoms with Crippen LogP contribution < -0.4 is 0 Å². The molecule has 2 aromatic rings. The van der Waals surface area contributed by atoms with Crippen LogP contribution in [0.4, 0.5) is 4.39 Å². The first-order valence-electron chi connectivity index (χ1n) is 4.66. The number of aromatic nitrogens is 1. The first-order chi connectivity index (χ1) is 8.00. The quantitative estimate of drug-likeness (QED) is 0.895. The Morgan fingerprint density at radius 1 is 1.53 bits per heavy atom. The van der Waals surface area contributed by atoms with Crippen molar-refractivity contribution in [3.8, 4) is 11.5 Å². The number of aromatic carboxylic acids is 1. The minimum Gasteiger partial charge on any atom is -0.475 e. The fourth-order valence-electron chi connectivity index (χ4n) is 1.38. The number of aryl methyl sites for hydroxylation is 1. The molecular weight excluding hydrogens is 249 g/mol. The van der Waals surface area contributed by atoms with Crippen LogP contribution in [0.2, 0.25) is 5.02 Å². The Kier molecular flexibility index (Phi) is 2.85. The van der Waals surface area contributed by atoms with Gasteiger partial charge in [0.25, 0.3) is 0 Å². The van der Waals surface area contributed by atoms with E-state index in [1.54, 1.807) is 0 Å². The minimum absolute atomic E-state index is 0.00981. The molecule has 2 rings (SSSR count). The molecule has 17 heavy (non-hydrogen) atoms. The molecule has 1 N–H and O–H groups in total. The summed E-state index contributed by atoms with van der Waals surface area (Å²) in [5.41, 5.74) is 0.440. The average Bonchev–Trinajstić information content (AvgIpc) is 2.64. The Morgan fingerprint density at radius 2 is 2.24 bits per heavy atom. The monoisotopic (exact) mass is 255 g/mol. The molecule has 0 saturated heterocycles. The number of oxazole rings is 1. The summed E-state index contributed by atoms with van der Waals surface area (Å²) in [6, 6.07) is 4.14. The van der Waals surface area contributed by atoms with Crippen LogP contribution in [0.5, 0.6) is 0 Å². The van der Waals surface area contributed by atoms with Gasteiger partial charge in [-0.05, 0) is 19.1 Å². The predicted molar refractivity (Wildman–Crippen MR) is 58.6 cm³/mol. The SMILES string of the molecule is Cc1nc(-c2cccc(F)c2Cl)oc1C(=O)O. The number of carboxylic acids is 1. The molecule has 4 nitrogen and oxygen atoms in total. The molecule has 0 aliphatic heterocycles. The zero-order valence-electron chi connectivity index (χ0n) is 8.70. The Hall–Kier alpha value is -1.88. The number of rotatable bonds is 2. The van der Waals surface area contributed by atoms with Crippen LogP contribution in [0, 0.1) is 12.7 Å². The summed E-state index contributed by atoms with van der Waals surface area (Å²) in [6.07, 6.45) is 0. The molecule has 6 heteroatoms. The lowest BCUT2D eigenvalue weighted by atomic mass is 10.2. The number of hydrogen-bond acceptors (Lipinski definition) is 3. The zero-order valence-corrected chi connectivity index (χ0v) is 9.45. The zero-order chi connectivity index (χ0) is 12.6. The highest BCUT2D eigenvalue weighted by Crippen LogP contribution is 2.30. The van der Waals surface area contributed by atoms with E-state index in [-0.39, 0.29) is 27.9 Å². The van der Waals surface area contributed by atoms with Gasteiger partial charge in [0.05, 0.1) is 16.3 Å². The minimum atomic E-state index is -1.23. The van der Waals surface area contributed by atoms with E-state index in [4.69, 9.17) is 21.1 Å². The molecule has 0 unspecified atom stereocenters. The molecule has 1 aromatic carbocycles. The maximum atomic E-state index is 13.2. The molecule has 0 spiro atoms. The molecular formula is C11H7ClFNO3. The van der Waals surface area contributed by atoms with Crippen molar-refractivity contribution in [2.45, 2.75) is 6.92 Å². The lowest BCUT2D eigenvalue weighted by Crippen LogP contribution is -1.95. The molecule has 0 saturated carbocycles. The Morgan fingerprint density at radius 3 is 2.82 bits per heavy atom. The largest absolute Gasteiger partial charge is 0.475 e. The second-order valence-electron chi connectivity index (χ2n) is 3.34. The molecule has 0 fully saturated rings. The summed E-state index contributed by atoms with van der Waals surface area (Å²) < 4.78 is 18.2. The van der Waals surface area contributed by atoms with Crippen molar-refractivity contribution in [3.05, 3.63) is 40.5 Å². The van der Waals surface area contributed by atoms with Gasteiger partial charge in [-0.3, -0.25) is 0 Å². The second-order valence-corrected chi connectivity index (χ2v) is 3.72. The Labute approximate surface area is 101 Å². The fraction of sp³-hybridized carbons (Fsp3) is 0.0909. The Balaban J connectivity index is 2.58. The summed E-state index contributed by atoms with van der Waals surface area (Å²) >= 11 is 5.75. The number of carbonyl (C=O) groups is 1. The maximum Gasteiger partial charge on any atom is 0.373 e. The van der Waals surface area contributed by atoms with Gasteiger partial charge >= 0.3 is 5.97 Å². The van der Waals surface area contributed by atoms with Crippen LogP contribution in [0.25, 0.3) is 11.5 Å². The van der Waals surface area contributed by atoms with Crippen molar-refractivity contribution in [1.82, 2.24) is 4.98 Å². The van der Waals surface area contributed by atoms with Crippen LogP contribution in [0.3, 0.4) is 0 Å². The molecule has 1 heterocycles. The van der Waals surface area contributed by atoms with Gasteiger partial charge in [-0.25, -0.2) is 14.2 Å². The third kappa shape index (κ3) is 2.01. The number of carboxylic acid groups (broad SMARTS) is 1. The predicted octanol–water partition coefficient (Wildman–Crippen LogP) is 3.14. The van der Waals surface area contributed by atoms with Crippen molar-refractivity contribution in [2.75, 3.05) is 0 Å². The fourth-order valence-corrected chi connectivity index (χ4v) is 1.59. The van der Waals surface area contributed by atoms with Gasteiger partial charge in [-0.1, -0.05) is 17.7 Å². The van der Waals surface area contributed by atoms with Crippen LogP contribution in [-0.4, -0.2) is 16.1 Å². The van der Waals surface area contributed by atoms with E-state index in [1.165, 1.54) is 25.1 Å². The first-order valence-corrected chi connectivity index (χ1v) is 5.03. The van der Waals surface area contributed by atoms with E-state index >= 15 is 0 Å². The highest BCUT2D eigenvalue weighted by atomic mass is 35.5. The summed E-state index contributed by atoms with van der Waals surface area (Å²) in [4.78, 5) is 14.7. The summed E-state index contributed by atoms with van der Waals surface area (Å²) in [5, 5.41) is 8.66. The second kappa shape index (κ2) is 4.18. The topological polar surface area (TPSA) is 63.3 Å². The maximum absolute atomic E-state index is 13.2. The molecule has 1 aromatic heterocycles. The van der Waals surface area contributed by atoms with E-state index < -0.39 is 11.8 Å². The number of benzene rings is 1. The van der Waals surface area contributed by atoms with Crippen LogP contribution in [0.15, 0.2) is 22.6 Å². The van der Waals surface area contributed by atoms with Gasteiger partial charge in [0.2, 0.25) is 11.7 Å². The molecule has 0 aliphatic rings. The van der Waals surface area contributed by atoms with Gasteiger partial charge in [-0.15, -0.1) is 0 Å². The number of nitrogens with zero attached hydrogens (tertiary/aromatic N) is 1. The summed E-state index contributed by atoms with van der Waals surface area (Å²) in [6.45, 7) is 1.49. The summed E-state index contributed by atoms with van der Waals surface area (Å²) in [5.74, 6) is -2.13. The first kappa shape index (κ1) is 11.6. The molecule has 0 aliphatic carbocycles. The van der Waals surface area contributed by atoms with Crippen molar-refractivity contribution in [3.63, 3.8) is 0 Å². The third-order valence-corrected chi connectivity index (χ3v) is 2.56. The Bertz CT molecular complexity index is 594. The molecule has 0 amide bonds. The van der Waals surface area contributed by atoms with Gasteiger partial charge in [0.1, 0.15) is 5.82 Å². The number of hydrogen-bond donors (Lipinski definition) is 1. The van der Waals surface area contributed by atoms with Crippen molar-refractivity contribution in [1.29, 1.82) is 0 Å². The van der Waals surface area contributed by atoms with E-state index in [0.29, 0.717) is 0 Å². The number of halogens is 2. The van der Waals surface area contributed by atoms with E-state index in [2.05, 4.69) is 4.98 Å². The normalized spacial score (nSPS) is 10.5. The highest BCUT2D eigenvalue weighted by molar-refractivity contribution is 6.33. The molecule has 0 atom stereocenters. The lowest BCUT2D eigenvalue weighted by Gasteiger charge is -1.99. The van der Waals surface area contributed by atoms with E-state index in [1.807, 2.05) is 0 Å². The molecule has 0 bridgehead atoms. The van der Waals surface area contributed by atoms with Gasteiger partial charge in [-0.2, -0.15) is 0 Å². The van der Waals surface area contributed by atoms with Gasteiger partial charge < -0.3 is 9.52 Å². The lowest BCUT2D eigenvalue weighted by molar-refractivity contribution is 0.0662. The van der Waals surface area contributed by atoms with Gasteiger partial charge in [0, 0.05) is 0 Å². The van der Waals surface area contributed by atoms with Crippen LogP contribution in [0.1, 0.15) is 16.2 Å². The van der Waals surface area contributed by atoms with Crippen molar-refractivity contribution < 1.29 is 18.7 Å². The average molecular weight is 256 g/mol. The smallest absolute Gasteiger partial charge is 0.373 e. The van der Waals surface area contributed by atoms with Gasteiger partial charge in [0.15, 0.2) is 0 Å². The van der Waals surface area contributed by atoms with Crippen LogP contribution in [-0.2, 0) is 0 Å². The third-order valence-electron chi connectivity index (χ3n) is 2.17. The van der Waals surface area contributed by atoms with Crippen LogP contribution >= 0.6 is 11.6 Å². The standard InChI is InChI=1S/C11H7ClFNO3/c1-5-9(11(15)16)17-10(14-5)6-3-2-4-7(13)8(6)12/h2-4H,1H3,(H,15,16). The highest BCUT2D eigenvalue weighted by Gasteiger charge is 2.19. The van der Waals surface area contributed by atoms with E-state index in [9.17, 15) is 9.18 Å². The molecule has 0 radical (unpaired) electrons.